The molecule has 0 aromatic carbocycles. The zero-order chi connectivity index (χ0) is 6.57. The van der Waals surface area contributed by atoms with Gasteiger partial charge in [-0.15, -0.1) is 0 Å². The molecule has 0 fully saturated rings. The van der Waals surface area contributed by atoms with Gasteiger partial charge in [-0.2, -0.15) is 0 Å². The lowest BCUT2D eigenvalue weighted by Crippen LogP contribution is -1.86. The molecule has 0 spiro atoms. The Morgan fingerprint density at radius 1 is 1.62 bits per heavy atom. The quantitative estimate of drug-likeness (QED) is 0.572. The van der Waals surface area contributed by atoms with Crippen LogP contribution in [0.25, 0.3) is 0 Å². The van der Waals surface area contributed by atoms with E-state index in [9.17, 15) is 4.57 Å². The van der Waals surface area contributed by atoms with Gasteiger partial charge < -0.3 is 4.57 Å². The summed E-state index contributed by atoms with van der Waals surface area (Å²) in [4.78, 5) is 0. The largest absolute Gasteiger partial charge is 0.310 e. The minimum atomic E-state index is -1.71. The predicted molar refractivity (Wildman–Crippen MR) is 39.2 cm³/mol. The number of rotatable bonds is 3. The summed E-state index contributed by atoms with van der Waals surface area (Å²) in [5, 5.41) is 0. The highest BCUT2D eigenvalue weighted by molar-refractivity contribution is 7.73. The first-order chi connectivity index (χ1) is 3.63. The van der Waals surface area contributed by atoms with E-state index in [1.54, 1.807) is 0 Å². The molecule has 0 rings (SSSR count). The highest BCUT2D eigenvalue weighted by Crippen LogP contribution is 2.28. The van der Waals surface area contributed by atoms with Crippen molar-refractivity contribution < 1.29 is 4.57 Å². The summed E-state index contributed by atoms with van der Waals surface area (Å²) in [6, 6.07) is 0. The molecular weight excluding hydrogens is 142 g/mol. The van der Waals surface area contributed by atoms with E-state index in [2.05, 4.69) is 13.8 Å². The molecule has 0 heterocycles. The molecule has 0 saturated carbocycles. The first-order valence-electron chi connectivity index (χ1n) is 2.81. The fraction of sp³-hybridized carbons (Fsp3) is 1.00. The Morgan fingerprint density at radius 3 is 2.25 bits per heavy atom. The molecule has 1 atom stereocenters. The summed E-state index contributed by atoms with van der Waals surface area (Å²) in [5.74, 6) is 0.627. The van der Waals surface area contributed by atoms with Crippen LogP contribution in [0.5, 0.6) is 0 Å². The summed E-state index contributed by atoms with van der Waals surface area (Å²) < 4.78 is 10.3. The molecule has 0 bridgehead atoms. The molecule has 0 radical (unpaired) electrons. The molecule has 8 heavy (non-hydrogen) atoms. The molecule has 0 aliphatic heterocycles. The van der Waals surface area contributed by atoms with Crippen LogP contribution in [0, 0.1) is 5.92 Å². The zero-order valence-electron chi connectivity index (χ0n) is 5.28. The van der Waals surface area contributed by atoms with Crippen LogP contribution in [0.2, 0.25) is 0 Å². The van der Waals surface area contributed by atoms with Crippen molar-refractivity contribution in [3.63, 3.8) is 0 Å². The van der Waals surface area contributed by atoms with Gasteiger partial charge in [0, 0.05) is 6.16 Å². The third-order valence-corrected chi connectivity index (χ3v) is 2.17. The van der Waals surface area contributed by atoms with Crippen LogP contribution < -0.4 is 0 Å². The summed E-state index contributed by atoms with van der Waals surface area (Å²) in [6.07, 6.45) is 1.69. The fourth-order valence-electron chi connectivity index (χ4n) is 0.402. The third-order valence-electron chi connectivity index (χ3n) is 0.918. The van der Waals surface area contributed by atoms with Gasteiger partial charge in [-0.25, -0.2) is 0 Å². The van der Waals surface area contributed by atoms with Gasteiger partial charge in [0.2, 0.25) is 0 Å². The van der Waals surface area contributed by atoms with Crippen molar-refractivity contribution in [2.45, 2.75) is 20.3 Å². The average molecular weight is 155 g/mol. The molecule has 0 N–H and O–H groups in total. The maximum absolute atomic E-state index is 10.3. The van der Waals surface area contributed by atoms with Crippen molar-refractivity contribution in [1.29, 1.82) is 0 Å². The minimum absolute atomic E-state index is 0.627. The van der Waals surface area contributed by atoms with Crippen molar-refractivity contribution in [1.82, 2.24) is 0 Å². The molecule has 0 aliphatic carbocycles. The SMILES string of the molecule is CC(C)CC[PH](=O)Cl. The van der Waals surface area contributed by atoms with Crippen LogP contribution >= 0.6 is 18.4 Å². The van der Waals surface area contributed by atoms with E-state index in [1.165, 1.54) is 0 Å². The lowest BCUT2D eigenvalue weighted by Gasteiger charge is -1.98. The molecule has 0 aromatic rings. The Kier molecular flexibility index (Phi) is 4.69. The second-order valence-electron chi connectivity index (χ2n) is 2.29. The Morgan fingerprint density at radius 2 is 2.12 bits per heavy atom. The van der Waals surface area contributed by atoms with Gasteiger partial charge in [0.05, 0.1) is 0 Å². The lowest BCUT2D eigenvalue weighted by molar-refractivity contribution is 0.582. The molecule has 0 aliphatic rings. The van der Waals surface area contributed by atoms with E-state index < -0.39 is 7.15 Å². The Balaban J connectivity index is 3.05. The summed E-state index contributed by atoms with van der Waals surface area (Å²) in [5.41, 5.74) is 0. The third kappa shape index (κ3) is 6.52. The molecule has 0 aromatic heterocycles. The first-order valence-corrected chi connectivity index (χ1v) is 5.44. The standard InChI is InChI=1S/C5H12ClOP/c1-5(2)3-4-8(6)7/h5,8H,3-4H2,1-2H3. The van der Waals surface area contributed by atoms with Gasteiger partial charge in [-0.3, -0.25) is 0 Å². The van der Waals surface area contributed by atoms with E-state index in [1.807, 2.05) is 0 Å². The van der Waals surface area contributed by atoms with Gasteiger partial charge >= 0.3 is 0 Å². The van der Waals surface area contributed by atoms with E-state index >= 15 is 0 Å². The van der Waals surface area contributed by atoms with Crippen molar-refractivity contribution in [2.75, 3.05) is 6.16 Å². The van der Waals surface area contributed by atoms with Gasteiger partial charge in [-0.1, -0.05) is 25.1 Å². The number of halogens is 1. The maximum atomic E-state index is 10.3. The van der Waals surface area contributed by atoms with E-state index in [4.69, 9.17) is 11.2 Å². The van der Waals surface area contributed by atoms with E-state index in [0.717, 1.165) is 6.42 Å². The zero-order valence-corrected chi connectivity index (χ0v) is 7.03. The molecule has 50 valence electrons. The van der Waals surface area contributed by atoms with Crippen LogP contribution in [0.4, 0.5) is 0 Å². The van der Waals surface area contributed by atoms with Crippen LogP contribution in [0.1, 0.15) is 20.3 Å². The summed E-state index contributed by atoms with van der Waals surface area (Å²) in [7, 11) is -1.71. The predicted octanol–water partition coefficient (Wildman–Crippen LogP) is 2.75. The number of hydrogen-bond donors (Lipinski definition) is 0. The summed E-state index contributed by atoms with van der Waals surface area (Å²) in [6.45, 7) is 4.20. The Labute approximate surface area is 56.0 Å². The van der Waals surface area contributed by atoms with Crippen molar-refractivity contribution in [3.05, 3.63) is 0 Å². The molecular formula is C5H12ClOP. The van der Waals surface area contributed by atoms with Crippen LogP contribution in [0.3, 0.4) is 0 Å². The highest BCUT2D eigenvalue weighted by atomic mass is 35.7. The Bertz CT molecular complexity index is 82.5. The van der Waals surface area contributed by atoms with Crippen molar-refractivity contribution >= 4 is 18.4 Å². The Hall–Kier alpha value is 0.520. The average Bonchev–Trinajstić information content (AvgIpc) is 1.61. The first kappa shape index (κ1) is 8.52. The van der Waals surface area contributed by atoms with Gasteiger partial charge in [0.25, 0.3) is 0 Å². The lowest BCUT2D eigenvalue weighted by atomic mass is 10.2. The van der Waals surface area contributed by atoms with Gasteiger partial charge in [0.15, 0.2) is 7.15 Å². The monoisotopic (exact) mass is 154 g/mol. The van der Waals surface area contributed by atoms with Crippen LogP contribution in [0.15, 0.2) is 0 Å². The smallest absolute Gasteiger partial charge is 0.158 e. The highest BCUT2D eigenvalue weighted by Gasteiger charge is 1.95. The van der Waals surface area contributed by atoms with Crippen LogP contribution in [-0.4, -0.2) is 6.16 Å². The molecule has 1 unspecified atom stereocenters. The normalized spacial score (nSPS) is 14.5. The van der Waals surface area contributed by atoms with E-state index in [-0.39, 0.29) is 0 Å². The minimum Gasteiger partial charge on any atom is -0.310 e. The second kappa shape index (κ2) is 4.40. The topological polar surface area (TPSA) is 17.1 Å². The van der Waals surface area contributed by atoms with E-state index in [0.29, 0.717) is 12.1 Å². The molecule has 3 heteroatoms. The molecule has 0 amide bonds. The molecule has 0 saturated heterocycles. The maximum Gasteiger partial charge on any atom is 0.158 e. The van der Waals surface area contributed by atoms with Crippen LogP contribution in [-0.2, 0) is 4.57 Å². The second-order valence-corrected chi connectivity index (χ2v) is 4.76. The summed E-state index contributed by atoms with van der Waals surface area (Å²) >= 11 is 5.27. The van der Waals surface area contributed by atoms with Gasteiger partial charge in [0.1, 0.15) is 0 Å². The van der Waals surface area contributed by atoms with Crippen molar-refractivity contribution in [2.24, 2.45) is 5.92 Å². The van der Waals surface area contributed by atoms with Gasteiger partial charge in [-0.05, 0) is 12.3 Å². The fourth-order valence-corrected chi connectivity index (χ4v) is 1.53. The number of hydrogen-bond acceptors (Lipinski definition) is 1. The molecule has 1 nitrogen and oxygen atoms in total. The van der Waals surface area contributed by atoms with Crippen molar-refractivity contribution in [3.8, 4) is 0 Å².